The molecule has 3 aliphatic heterocycles. The van der Waals surface area contributed by atoms with Gasteiger partial charge in [-0.3, -0.25) is 24.3 Å². The number of ether oxygens (including phenoxy) is 3. The number of anilines is 1. The Bertz CT molecular complexity index is 1970. The third-order valence-electron chi connectivity index (χ3n) is 12.8. The van der Waals surface area contributed by atoms with Crippen molar-refractivity contribution in [2.45, 2.75) is 109 Å². The van der Waals surface area contributed by atoms with Crippen LogP contribution >= 0.6 is 0 Å². The largest absolute Gasteiger partial charge is 0.506 e. The number of phenols is 1. The summed E-state index contributed by atoms with van der Waals surface area (Å²) >= 11 is 0. The lowest BCUT2D eigenvalue weighted by atomic mass is 9.87. The highest BCUT2D eigenvalue weighted by Crippen LogP contribution is 2.39. The molecule has 0 unspecified atom stereocenters. The fourth-order valence-corrected chi connectivity index (χ4v) is 9.21. The van der Waals surface area contributed by atoms with Gasteiger partial charge < -0.3 is 39.8 Å². The normalized spacial score (nSPS) is 18.3. The number of carbonyl (C=O) groups is 3. The summed E-state index contributed by atoms with van der Waals surface area (Å²) in [6.45, 7) is 13.8. The molecule has 61 heavy (non-hydrogen) atoms. The summed E-state index contributed by atoms with van der Waals surface area (Å²) in [5, 5.41) is 16.4. The average molecular weight is 839 g/mol. The second-order valence-electron chi connectivity index (χ2n) is 18.3. The van der Waals surface area contributed by atoms with Crippen molar-refractivity contribution in [2.75, 3.05) is 77.6 Å². The Hall–Kier alpha value is -4.56. The molecule has 3 fully saturated rings. The van der Waals surface area contributed by atoms with Crippen LogP contribution < -0.4 is 15.4 Å². The SMILES string of the molecule is CC(C)(C)c1ccnc(C(=O)N2CCOC3(CCN(Cc4cccc(CCOCCC(=O)N(CCNCCc5ccc(O)c6c5OCC(=O)N6)C5CCCCC5)c4)CC3)C2)c1. The molecular weight excluding hydrogens is 773 g/mol. The Balaban J connectivity index is 0.816. The van der Waals surface area contributed by atoms with Crippen LogP contribution in [0.15, 0.2) is 54.7 Å². The van der Waals surface area contributed by atoms with Gasteiger partial charge in [0.1, 0.15) is 17.1 Å². The van der Waals surface area contributed by atoms with Gasteiger partial charge >= 0.3 is 0 Å². The number of nitrogens with one attached hydrogen (secondary N) is 2. The number of hydrogen-bond acceptors (Lipinski definition) is 10. The maximum atomic E-state index is 13.6. The van der Waals surface area contributed by atoms with Gasteiger partial charge in [0, 0.05) is 51.5 Å². The molecule has 330 valence electrons. The number of nitrogens with zero attached hydrogens (tertiary/aromatic N) is 4. The molecule has 3 aromatic rings. The molecule has 2 saturated heterocycles. The Kier molecular flexibility index (Phi) is 15.0. The van der Waals surface area contributed by atoms with Crippen LogP contribution in [0.25, 0.3) is 0 Å². The van der Waals surface area contributed by atoms with Crippen molar-refractivity contribution in [3.8, 4) is 11.5 Å². The number of aromatic nitrogens is 1. The molecule has 1 aliphatic carbocycles. The molecule has 3 amide bonds. The summed E-state index contributed by atoms with van der Waals surface area (Å²) in [4.78, 5) is 49.8. The number of pyridine rings is 1. The summed E-state index contributed by atoms with van der Waals surface area (Å²) in [6, 6.07) is 16.3. The smallest absolute Gasteiger partial charge is 0.272 e. The van der Waals surface area contributed by atoms with Gasteiger partial charge in [0.2, 0.25) is 5.91 Å². The zero-order chi connectivity index (χ0) is 42.8. The molecule has 3 N–H and O–H groups in total. The molecular formula is C48H66N6O7. The van der Waals surface area contributed by atoms with Gasteiger partial charge in [-0.1, -0.05) is 70.4 Å². The van der Waals surface area contributed by atoms with Gasteiger partial charge in [0.15, 0.2) is 12.4 Å². The molecule has 1 aromatic heterocycles. The summed E-state index contributed by atoms with van der Waals surface area (Å²) in [7, 11) is 0. The molecule has 4 aliphatic rings. The monoisotopic (exact) mass is 838 g/mol. The number of piperidine rings is 1. The third kappa shape index (κ3) is 11.9. The van der Waals surface area contributed by atoms with Crippen molar-refractivity contribution < 1.29 is 33.7 Å². The number of amides is 3. The van der Waals surface area contributed by atoms with E-state index >= 15 is 0 Å². The van der Waals surface area contributed by atoms with Crippen LogP contribution in [0.2, 0.25) is 0 Å². The minimum absolute atomic E-state index is 0.00507. The number of hydrogen-bond donors (Lipinski definition) is 3. The summed E-state index contributed by atoms with van der Waals surface area (Å²) in [5.74, 6) is 0.376. The fraction of sp³-hybridized carbons (Fsp3) is 0.583. The molecule has 13 nitrogen and oxygen atoms in total. The molecule has 4 heterocycles. The Morgan fingerprint density at radius 1 is 1.00 bits per heavy atom. The number of benzene rings is 2. The Morgan fingerprint density at radius 3 is 2.61 bits per heavy atom. The molecule has 7 rings (SSSR count). The van der Waals surface area contributed by atoms with E-state index in [0.29, 0.717) is 82.5 Å². The van der Waals surface area contributed by atoms with Crippen molar-refractivity contribution in [3.05, 3.63) is 82.7 Å². The lowest BCUT2D eigenvalue weighted by Crippen LogP contribution is -2.58. The highest BCUT2D eigenvalue weighted by Gasteiger charge is 2.41. The van der Waals surface area contributed by atoms with Crippen LogP contribution in [0.4, 0.5) is 5.69 Å². The van der Waals surface area contributed by atoms with Crippen LogP contribution in [0.5, 0.6) is 11.5 Å². The quantitative estimate of drug-likeness (QED) is 0.118. The lowest BCUT2D eigenvalue weighted by Gasteiger charge is -2.47. The van der Waals surface area contributed by atoms with E-state index in [2.05, 4.69) is 70.5 Å². The zero-order valence-corrected chi connectivity index (χ0v) is 36.5. The van der Waals surface area contributed by atoms with E-state index < -0.39 is 0 Å². The van der Waals surface area contributed by atoms with E-state index in [1.807, 2.05) is 23.1 Å². The molecule has 13 heteroatoms. The fourth-order valence-electron chi connectivity index (χ4n) is 9.21. The van der Waals surface area contributed by atoms with Gasteiger partial charge in [-0.15, -0.1) is 0 Å². The number of aromatic hydroxyl groups is 1. The molecule has 0 bridgehead atoms. The van der Waals surface area contributed by atoms with Crippen molar-refractivity contribution in [2.24, 2.45) is 0 Å². The summed E-state index contributed by atoms with van der Waals surface area (Å²) in [5.41, 5.74) is 5.00. The van der Waals surface area contributed by atoms with Crippen molar-refractivity contribution in [1.29, 1.82) is 0 Å². The van der Waals surface area contributed by atoms with E-state index in [-0.39, 0.29) is 47.1 Å². The second-order valence-corrected chi connectivity index (χ2v) is 18.3. The third-order valence-corrected chi connectivity index (χ3v) is 12.8. The minimum atomic E-state index is -0.314. The van der Waals surface area contributed by atoms with Gasteiger partial charge in [0.25, 0.3) is 11.8 Å². The van der Waals surface area contributed by atoms with E-state index in [9.17, 15) is 19.5 Å². The Labute approximate surface area is 361 Å². The number of morpholine rings is 1. The van der Waals surface area contributed by atoms with Gasteiger partial charge in [-0.25, -0.2) is 0 Å². The van der Waals surface area contributed by atoms with Crippen LogP contribution in [0, 0.1) is 0 Å². The molecule has 0 atom stereocenters. The molecule has 0 radical (unpaired) electrons. The van der Waals surface area contributed by atoms with Gasteiger partial charge in [-0.2, -0.15) is 0 Å². The topological polar surface area (TPSA) is 146 Å². The Morgan fingerprint density at radius 2 is 1.80 bits per heavy atom. The van der Waals surface area contributed by atoms with Crippen molar-refractivity contribution in [1.82, 2.24) is 25.0 Å². The first kappa shape index (κ1) is 44.5. The lowest BCUT2D eigenvalue weighted by molar-refractivity contribution is -0.135. The number of fused-ring (bicyclic) bond motifs is 1. The highest BCUT2D eigenvalue weighted by atomic mass is 16.5. The summed E-state index contributed by atoms with van der Waals surface area (Å²) < 4.78 is 18.1. The molecule has 1 spiro atoms. The first-order chi connectivity index (χ1) is 29.5. The van der Waals surface area contributed by atoms with Gasteiger partial charge in [-0.05, 0) is 90.9 Å². The number of phenolic OH excluding ortho intramolecular Hbond substituents is 1. The van der Waals surface area contributed by atoms with Crippen LogP contribution in [0.1, 0.15) is 105 Å². The number of likely N-dealkylation sites (tertiary alicyclic amines) is 1. The predicted octanol–water partition coefficient (Wildman–Crippen LogP) is 5.87. The van der Waals surface area contributed by atoms with Crippen LogP contribution in [-0.4, -0.2) is 126 Å². The van der Waals surface area contributed by atoms with E-state index in [1.54, 1.807) is 12.3 Å². The molecule has 2 aromatic carbocycles. The van der Waals surface area contributed by atoms with E-state index in [4.69, 9.17) is 14.2 Å². The van der Waals surface area contributed by atoms with E-state index in [1.165, 1.54) is 17.5 Å². The van der Waals surface area contributed by atoms with Gasteiger partial charge in [0.05, 0.1) is 38.4 Å². The maximum absolute atomic E-state index is 13.6. The highest BCUT2D eigenvalue weighted by molar-refractivity contribution is 5.97. The van der Waals surface area contributed by atoms with Crippen LogP contribution in [0.3, 0.4) is 0 Å². The minimum Gasteiger partial charge on any atom is -0.506 e. The first-order valence-corrected chi connectivity index (χ1v) is 22.5. The number of rotatable bonds is 16. The van der Waals surface area contributed by atoms with Crippen molar-refractivity contribution in [3.63, 3.8) is 0 Å². The molecule has 1 saturated carbocycles. The standard InChI is InChI=1S/C48H66N6O7/c1-47(2,3)38-15-21-50-40(31-38)46(58)53-26-29-61-48(34-53)18-23-52(24-19-48)32-36-9-7-8-35(30-36)16-27-59-28-17-43(57)54(39-10-5-4-6-11-39)25-22-49-20-14-37-12-13-41(55)44-45(37)60-33-42(56)51-44/h7-9,12-13,15,21,30-31,39,49,55H,4-6,10-11,14,16-20,22-29,32-34H2,1-3H3,(H,51,56). The zero-order valence-electron chi connectivity index (χ0n) is 36.5. The average Bonchev–Trinajstić information content (AvgIpc) is 3.26. The maximum Gasteiger partial charge on any atom is 0.272 e. The number of carbonyl (C=O) groups excluding carboxylic acids is 3. The predicted molar refractivity (Wildman–Crippen MR) is 235 cm³/mol. The second kappa shape index (κ2) is 20.5. The summed E-state index contributed by atoms with van der Waals surface area (Å²) in [6.07, 6.45) is 11.0. The first-order valence-electron chi connectivity index (χ1n) is 22.5. The van der Waals surface area contributed by atoms with Crippen LogP contribution in [-0.2, 0) is 43.9 Å². The van der Waals surface area contributed by atoms with E-state index in [0.717, 1.165) is 75.7 Å². The van der Waals surface area contributed by atoms with Crippen molar-refractivity contribution >= 4 is 23.4 Å².